The molecule has 0 aliphatic carbocycles. The van der Waals surface area contributed by atoms with Crippen LogP contribution in [0.3, 0.4) is 0 Å². The van der Waals surface area contributed by atoms with E-state index >= 15 is 0 Å². The first kappa shape index (κ1) is 12.2. The molecule has 2 atom stereocenters. The van der Waals surface area contributed by atoms with E-state index < -0.39 is 0 Å². The molecule has 0 bridgehead atoms. The Hall–Kier alpha value is -1.22. The first-order valence-electron chi connectivity index (χ1n) is 6.29. The van der Waals surface area contributed by atoms with E-state index in [4.69, 9.17) is 4.74 Å². The molecule has 1 N–H and O–H groups in total. The summed E-state index contributed by atoms with van der Waals surface area (Å²) in [6.45, 7) is 5.33. The lowest BCUT2D eigenvalue weighted by molar-refractivity contribution is 0.150. The van der Waals surface area contributed by atoms with Gasteiger partial charge in [0, 0.05) is 7.05 Å². The van der Waals surface area contributed by atoms with Gasteiger partial charge in [-0.05, 0) is 45.5 Å². The van der Waals surface area contributed by atoms with Crippen LogP contribution in [0.4, 0.5) is 5.69 Å². The molecule has 2 unspecified atom stereocenters. The third-order valence-electron chi connectivity index (χ3n) is 3.67. The van der Waals surface area contributed by atoms with Gasteiger partial charge in [-0.1, -0.05) is 12.1 Å². The molecule has 1 aliphatic rings. The molecule has 94 valence electrons. The third-order valence-corrected chi connectivity index (χ3v) is 3.67. The predicted molar refractivity (Wildman–Crippen MR) is 72.0 cm³/mol. The molecule has 1 heterocycles. The van der Waals surface area contributed by atoms with Gasteiger partial charge in [0.1, 0.15) is 11.9 Å². The summed E-state index contributed by atoms with van der Waals surface area (Å²) in [7, 11) is 4.13. The van der Waals surface area contributed by atoms with Crippen molar-refractivity contribution < 1.29 is 4.74 Å². The summed E-state index contributed by atoms with van der Waals surface area (Å²) in [6.07, 6.45) is 1.30. The van der Waals surface area contributed by atoms with Gasteiger partial charge in [-0.2, -0.15) is 0 Å². The number of nitrogens with one attached hydrogen (secondary N) is 1. The zero-order valence-corrected chi connectivity index (χ0v) is 11.2. The fourth-order valence-electron chi connectivity index (χ4n) is 2.37. The van der Waals surface area contributed by atoms with Crippen LogP contribution < -0.4 is 15.0 Å². The highest BCUT2D eigenvalue weighted by Crippen LogP contribution is 2.38. The van der Waals surface area contributed by atoms with Crippen molar-refractivity contribution in [1.82, 2.24) is 5.32 Å². The Kier molecular flexibility index (Phi) is 3.57. The quantitative estimate of drug-likeness (QED) is 0.867. The minimum absolute atomic E-state index is 0.265. The summed E-state index contributed by atoms with van der Waals surface area (Å²) in [5.74, 6) is 1.05. The minimum Gasteiger partial charge on any atom is -0.486 e. The van der Waals surface area contributed by atoms with E-state index in [0.29, 0.717) is 6.04 Å². The maximum atomic E-state index is 6.17. The number of likely N-dealkylation sites (N-methyl/N-ethyl adjacent to an activating group) is 1. The Morgan fingerprint density at radius 2 is 2.18 bits per heavy atom. The van der Waals surface area contributed by atoms with E-state index in [2.05, 4.69) is 49.3 Å². The Balaban J connectivity index is 2.26. The van der Waals surface area contributed by atoms with Gasteiger partial charge in [0.25, 0.3) is 0 Å². The van der Waals surface area contributed by atoms with E-state index in [1.165, 1.54) is 11.3 Å². The van der Waals surface area contributed by atoms with Crippen LogP contribution in [0.5, 0.6) is 5.75 Å². The van der Waals surface area contributed by atoms with Crippen molar-refractivity contribution in [2.75, 3.05) is 25.5 Å². The summed E-state index contributed by atoms with van der Waals surface area (Å²) in [5, 5.41) is 3.19. The van der Waals surface area contributed by atoms with Gasteiger partial charge in [0.15, 0.2) is 0 Å². The fourth-order valence-corrected chi connectivity index (χ4v) is 2.37. The van der Waals surface area contributed by atoms with E-state index in [-0.39, 0.29) is 6.10 Å². The number of anilines is 1. The van der Waals surface area contributed by atoms with Crippen LogP contribution in [0, 0.1) is 6.92 Å². The standard InChI is InChI=1S/C14H22N2O/c1-10-6-5-7-12-14(10)17-13(8-9-15-3)11(2)16(12)4/h5-7,11,13,15H,8-9H2,1-4H3. The molecular weight excluding hydrogens is 212 g/mol. The molecule has 0 saturated carbocycles. The van der Waals surface area contributed by atoms with E-state index in [1.54, 1.807) is 0 Å². The zero-order chi connectivity index (χ0) is 12.4. The van der Waals surface area contributed by atoms with Gasteiger partial charge in [0.05, 0.1) is 11.7 Å². The molecular formula is C14H22N2O. The van der Waals surface area contributed by atoms with Gasteiger partial charge >= 0.3 is 0 Å². The largest absolute Gasteiger partial charge is 0.486 e. The Morgan fingerprint density at radius 1 is 1.41 bits per heavy atom. The second kappa shape index (κ2) is 4.96. The fraction of sp³-hybridized carbons (Fsp3) is 0.571. The number of nitrogens with zero attached hydrogens (tertiary/aromatic N) is 1. The maximum absolute atomic E-state index is 6.17. The highest BCUT2D eigenvalue weighted by molar-refractivity contribution is 5.63. The Labute approximate surface area is 104 Å². The lowest BCUT2D eigenvalue weighted by Crippen LogP contribution is -2.47. The summed E-state index contributed by atoms with van der Waals surface area (Å²) >= 11 is 0. The highest BCUT2D eigenvalue weighted by Gasteiger charge is 2.30. The van der Waals surface area contributed by atoms with Crippen LogP contribution in [0.2, 0.25) is 0 Å². The second-order valence-corrected chi connectivity index (χ2v) is 4.82. The van der Waals surface area contributed by atoms with Gasteiger partial charge in [-0.25, -0.2) is 0 Å². The number of para-hydroxylation sites is 1. The number of ether oxygens (including phenoxy) is 1. The van der Waals surface area contributed by atoms with E-state index in [1.807, 2.05) is 7.05 Å². The molecule has 1 aromatic rings. The smallest absolute Gasteiger partial charge is 0.146 e. The molecule has 3 heteroatoms. The summed E-state index contributed by atoms with van der Waals surface area (Å²) in [4.78, 5) is 2.33. The summed E-state index contributed by atoms with van der Waals surface area (Å²) < 4.78 is 6.17. The molecule has 1 aliphatic heterocycles. The number of benzene rings is 1. The molecule has 0 amide bonds. The number of hydrogen-bond donors (Lipinski definition) is 1. The normalized spacial score (nSPS) is 23.2. The second-order valence-electron chi connectivity index (χ2n) is 4.82. The third kappa shape index (κ3) is 2.25. The Morgan fingerprint density at radius 3 is 2.88 bits per heavy atom. The first-order chi connectivity index (χ1) is 8.15. The molecule has 2 rings (SSSR count). The van der Waals surface area contributed by atoms with Gasteiger partial charge in [-0.15, -0.1) is 0 Å². The Bertz CT molecular complexity index is 392. The van der Waals surface area contributed by atoms with Crippen molar-refractivity contribution in [1.29, 1.82) is 0 Å². The topological polar surface area (TPSA) is 24.5 Å². The molecule has 17 heavy (non-hydrogen) atoms. The molecule has 1 aromatic carbocycles. The van der Waals surface area contributed by atoms with Gasteiger partial charge in [0.2, 0.25) is 0 Å². The maximum Gasteiger partial charge on any atom is 0.146 e. The molecule has 0 radical (unpaired) electrons. The lowest BCUT2D eigenvalue weighted by Gasteiger charge is -2.40. The summed E-state index contributed by atoms with van der Waals surface area (Å²) in [5.41, 5.74) is 2.42. The van der Waals surface area contributed by atoms with Crippen molar-refractivity contribution in [3.05, 3.63) is 23.8 Å². The predicted octanol–water partition coefficient (Wildman–Crippen LogP) is 2.19. The average Bonchev–Trinajstić information content (AvgIpc) is 2.33. The molecule has 0 spiro atoms. The molecule has 0 saturated heterocycles. The number of fused-ring (bicyclic) bond motifs is 1. The van der Waals surface area contributed by atoms with Crippen LogP contribution in [0.1, 0.15) is 18.9 Å². The van der Waals surface area contributed by atoms with Gasteiger partial charge < -0.3 is 15.0 Å². The van der Waals surface area contributed by atoms with E-state index in [0.717, 1.165) is 18.7 Å². The minimum atomic E-state index is 0.265. The first-order valence-corrected chi connectivity index (χ1v) is 6.29. The van der Waals surface area contributed by atoms with Crippen molar-refractivity contribution in [2.24, 2.45) is 0 Å². The van der Waals surface area contributed by atoms with Crippen LogP contribution in [-0.2, 0) is 0 Å². The molecule has 3 nitrogen and oxygen atoms in total. The van der Waals surface area contributed by atoms with Crippen LogP contribution in [-0.4, -0.2) is 32.8 Å². The van der Waals surface area contributed by atoms with Crippen molar-refractivity contribution >= 4 is 5.69 Å². The average molecular weight is 234 g/mol. The zero-order valence-electron chi connectivity index (χ0n) is 11.2. The van der Waals surface area contributed by atoms with Crippen LogP contribution in [0.25, 0.3) is 0 Å². The van der Waals surface area contributed by atoms with E-state index in [9.17, 15) is 0 Å². The van der Waals surface area contributed by atoms with Crippen molar-refractivity contribution in [2.45, 2.75) is 32.4 Å². The highest BCUT2D eigenvalue weighted by atomic mass is 16.5. The van der Waals surface area contributed by atoms with Crippen molar-refractivity contribution in [3.8, 4) is 5.75 Å². The summed E-state index contributed by atoms with van der Waals surface area (Å²) in [6, 6.07) is 6.75. The van der Waals surface area contributed by atoms with Crippen LogP contribution in [0.15, 0.2) is 18.2 Å². The molecule has 0 fully saturated rings. The lowest BCUT2D eigenvalue weighted by atomic mass is 10.0. The molecule has 0 aromatic heterocycles. The SMILES string of the molecule is CNCCC1Oc2c(C)cccc2N(C)C1C. The monoisotopic (exact) mass is 234 g/mol. The number of rotatable bonds is 3. The van der Waals surface area contributed by atoms with Crippen molar-refractivity contribution in [3.63, 3.8) is 0 Å². The number of hydrogen-bond acceptors (Lipinski definition) is 3. The van der Waals surface area contributed by atoms with Crippen LogP contribution >= 0.6 is 0 Å². The van der Waals surface area contributed by atoms with Gasteiger partial charge in [-0.3, -0.25) is 0 Å². The number of aryl methyl sites for hydroxylation is 1.